The first-order valence-electron chi connectivity index (χ1n) is 10.3. The number of likely N-dealkylation sites (tertiary alicyclic amines) is 1. The molecule has 1 aromatic rings. The molecule has 5 nitrogen and oxygen atoms in total. The number of fused-ring (bicyclic) bond motifs is 1. The lowest BCUT2D eigenvalue weighted by Gasteiger charge is -2.39. The number of rotatable bonds is 5. The lowest BCUT2D eigenvalue weighted by atomic mass is 9.82. The van der Waals surface area contributed by atoms with E-state index in [2.05, 4.69) is 43.2 Å². The van der Waals surface area contributed by atoms with Crippen LogP contribution in [0.3, 0.4) is 0 Å². The maximum Gasteiger partial charge on any atom is 0.237 e. The summed E-state index contributed by atoms with van der Waals surface area (Å²) in [7, 11) is 0. The van der Waals surface area contributed by atoms with E-state index in [1.54, 1.807) is 12.1 Å². The summed E-state index contributed by atoms with van der Waals surface area (Å²) >= 11 is 0. The number of piperidine rings is 1. The smallest absolute Gasteiger partial charge is 0.237 e. The van der Waals surface area contributed by atoms with Crippen LogP contribution in [0.25, 0.3) is 0 Å². The van der Waals surface area contributed by atoms with E-state index in [-0.39, 0.29) is 23.7 Å². The van der Waals surface area contributed by atoms with Gasteiger partial charge >= 0.3 is 0 Å². The van der Waals surface area contributed by atoms with Crippen LogP contribution in [0.15, 0.2) is 18.2 Å². The topological polar surface area (TPSA) is 64.6 Å². The number of hydrogen-bond donors (Lipinski definition) is 3. The molecular formula is C22H35N3O2. The summed E-state index contributed by atoms with van der Waals surface area (Å²) in [5.74, 6) is 0.768. The van der Waals surface area contributed by atoms with Crippen molar-refractivity contribution in [3.8, 4) is 5.75 Å². The maximum atomic E-state index is 12.9. The molecule has 0 aromatic heterocycles. The van der Waals surface area contributed by atoms with Crippen molar-refractivity contribution in [2.75, 3.05) is 19.6 Å². The Morgan fingerprint density at radius 3 is 2.67 bits per heavy atom. The molecule has 1 amide bonds. The first-order chi connectivity index (χ1) is 12.7. The predicted molar refractivity (Wildman–Crippen MR) is 109 cm³/mol. The van der Waals surface area contributed by atoms with Gasteiger partial charge in [0.15, 0.2) is 0 Å². The van der Waals surface area contributed by atoms with Crippen molar-refractivity contribution in [3.63, 3.8) is 0 Å². The van der Waals surface area contributed by atoms with Gasteiger partial charge in [0.1, 0.15) is 5.75 Å². The summed E-state index contributed by atoms with van der Waals surface area (Å²) in [5.41, 5.74) is 2.67. The van der Waals surface area contributed by atoms with E-state index >= 15 is 0 Å². The fourth-order valence-electron chi connectivity index (χ4n) is 4.01. The normalized spacial score (nSPS) is 23.7. The Labute approximate surface area is 163 Å². The van der Waals surface area contributed by atoms with Crippen LogP contribution in [-0.2, 0) is 17.8 Å². The van der Waals surface area contributed by atoms with Crippen molar-refractivity contribution in [2.45, 2.75) is 65.6 Å². The zero-order valence-corrected chi connectivity index (χ0v) is 17.2. The average Bonchev–Trinajstić information content (AvgIpc) is 2.62. The van der Waals surface area contributed by atoms with Gasteiger partial charge in [-0.15, -0.1) is 0 Å². The Kier molecular flexibility index (Phi) is 6.11. The summed E-state index contributed by atoms with van der Waals surface area (Å²) in [4.78, 5) is 15.4. The average molecular weight is 374 g/mol. The molecule has 1 aromatic carbocycles. The van der Waals surface area contributed by atoms with E-state index in [0.29, 0.717) is 24.3 Å². The number of benzene rings is 1. The van der Waals surface area contributed by atoms with Crippen LogP contribution in [0.5, 0.6) is 5.75 Å². The van der Waals surface area contributed by atoms with Gasteiger partial charge in [0.05, 0.1) is 6.04 Å². The van der Waals surface area contributed by atoms with E-state index in [1.807, 2.05) is 6.07 Å². The minimum atomic E-state index is -0.205. The van der Waals surface area contributed by atoms with E-state index in [4.69, 9.17) is 0 Å². The highest BCUT2D eigenvalue weighted by molar-refractivity contribution is 5.82. The third-order valence-electron chi connectivity index (χ3n) is 6.27. The number of nitrogens with zero attached hydrogens (tertiary/aromatic N) is 1. The molecule has 27 heavy (non-hydrogen) atoms. The molecule has 2 atom stereocenters. The minimum Gasteiger partial charge on any atom is -0.508 e. The minimum absolute atomic E-state index is 0.0877. The lowest BCUT2D eigenvalue weighted by Crippen LogP contribution is -2.55. The van der Waals surface area contributed by atoms with Crippen LogP contribution in [0, 0.1) is 11.3 Å². The van der Waals surface area contributed by atoms with Crippen molar-refractivity contribution in [2.24, 2.45) is 11.3 Å². The summed E-state index contributed by atoms with van der Waals surface area (Å²) in [6.45, 7) is 12.8. The number of phenols is 1. The Morgan fingerprint density at radius 1 is 1.30 bits per heavy atom. The van der Waals surface area contributed by atoms with Crippen LogP contribution >= 0.6 is 0 Å². The van der Waals surface area contributed by atoms with Crippen molar-refractivity contribution in [1.29, 1.82) is 0 Å². The molecule has 0 bridgehead atoms. The summed E-state index contributed by atoms with van der Waals surface area (Å²) in [6, 6.07) is 5.38. The van der Waals surface area contributed by atoms with Gasteiger partial charge in [-0.1, -0.05) is 33.8 Å². The van der Waals surface area contributed by atoms with E-state index in [1.165, 1.54) is 12.8 Å². The fourth-order valence-corrected chi connectivity index (χ4v) is 4.01. The van der Waals surface area contributed by atoms with Crippen molar-refractivity contribution < 1.29 is 9.90 Å². The summed E-state index contributed by atoms with van der Waals surface area (Å²) < 4.78 is 0. The Balaban J connectivity index is 1.57. The summed E-state index contributed by atoms with van der Waals surface area (Å²) in [5, 5.41) is 16.2. The van der Waals surface area contributed by atoms with Crippen LogP contribution in [0.2, 0.25) is 0 Å². The molecule has 2 aliphatic rings. The Bertz CT molecular complexity index is 662. The number of hydrogen-bond acceptors (Lipinski definition) is 4. The molecule has 0 spiro atoms. The van der Waals surface area contributed by atoms with Gasteiger partial charge in [-0.2, -0.15) is 0 Å². The van der Waals surface area contributed by atoms with Gasteiger partial charge in [0.25, 0.3) is 0 Å². The molecule has 1 fully saturated rings. The molecule has 3 rings (SSSR count). The van der Waals surface area contributed by atoms with E-state index in [9.17, 15) is 9.90 Å². The standard InChI is InChI=1S/C22H35N3O2/c1-15(2)20(14-25-9-7-22(3,4)8-10-25)24-21(27)19-12-16-5-6-18(26)11-17(16)13-23-19/h5-6,11,15,19-20,23,26H,7-10,12-14H2,1-4H3,(H,24,27)/t19-,20?/m1/s1. The second kappa shape index (κ2) is 8.19. The van der Waals surface area contributed by atoms with Gasteiger partial charge in [-0.3, -0.25) is 4.79 Å². The van der Waals surface area contributed by atoms with Gasteiger partial charge in [0, 0.05) is 19.1 Å². The van der Waals surface area contributed by atoms with Crippen molar-refractivity contribution >= 4 is 5.91 Å². The van der Waals surface area contributed by atoms with Gasteiger partial charge in [0.2, 0.25) is 5.91 Å². The highest BCUT2D eigenvalue weighted by atomic mass is 16.3. The molecule has 3 N–H and O–H groups in total. The van der Waals surface area contributed by atoms with Crippen LogP contribution < -0.4 is 10.6 Å². The van der Waals surface area contributed by atoms with Gasteiger partial charge in [-0.25, -0.2) is 0 Å². The molecule has 1 unspecified atom stereocenters. The molecule has 2 heterocycles. The lowest BCUT2D eigenvalue weighted by molar-refractivity contribution is -0.124. The predicted octanol–water partition coefficient (Wildman–Crippen LogP) is 2.67. The third-order valence-corrected chi connectivity index (χ3v) is 6.27. The Morgan fingerprint density at radius 2 is 2.00 bits per heavy atom. The fraction of sp³-hybridized carbons (Fsp3) is 0.682. The van der Waals surface area contributed by atoms with Crippen LogP contribution in [0.1, 0.15) is 51.7 Å². The quantitative estimate of drug-likeness (QED) is 0.742. The van der Waals surface area contributed by atoms with Gasteiger partial charge < -0.3 is 20.6 Å². The number of carbonyl (C=O) groups excluding carboxylic acids is 1. The maximum absolute atomic E-state index is 12.9. The first kappa shape index (κ1) is 20.2. The highest BCUT2D eigenvalue weighted by Crippen LogP contribution is 2.30. The first-order valence-corrected chi connectivity index (χ1v) is 10.3. The zero-order chi connectivity index (χ0) is 19.6. The van der Waals surface area contributed by atoms with E-state index in [0.717, 1.165) is 30.8 Å². The number of amides is 1. The second-order valence-corrected chi connectivity index (χ2v) is 9.41. The molecule has 2 aliphatic heterocycles. The molecule has 0 aliphatic carbocycles. The number of nitrogens with one attached hydrogen (secondary N) is 2. The highest BCUT2D eigenvalue weighted by Gasteiger charge is 2.30. The largest absolute Gasteiger partial charge is 0.508 e. The zero-order valence-electron chi connectivity index (χ0n) is 17.2. The third kappa shape index (κ3) is 5.23. The number of aromatic hydroxyl groups is 1. The van der Waals surface area contributed by atoms with Crippen LogP contribution in [-0.4, -0.2) is 47.6 Å². The molecular weight excluding hydrogens is 338 g/mol. The monoisotopic (exact) mass is 373 g/mol. The Hall–Kier alpha value is -1.59. The molecule has 1 saturated heterocycles. The summed E-state index contributed by atoms with van der Waals surface area (Å²) in [6.07, 6.45) is 3.11. The van der Waals surface area contributed by atoms with Crippen molar-refractivity contribution in [1.82, 2.24) is 15.5 Å². The number of carbonyl (C=O) groups is 1. The molecule has 0 radical (unpaired) electrons. The van der Waals surface area contributed by atoms with Crippen LogP contribution in [0.4, 0.5) is 0 Å². The van der Waals surface area contributed by atoms with Gasteiger partial charge in [-0.05, 0) is 66.9 Å². The second-order valence-electron chi connectivity index (χ2n) is 9.41. The molecule has 0 saturated carbocycles. The SMILES string of the molecule is CC(C)C(CN1CCC(C)(C)CC1)NC(=O)[C@H]1Cc2ccc(O)cc2CN1. The number of phenolic OH excluding ortho intramolecular Hbond substituents is 1. The molecule has 5 heteroatoms. The van der Waals surface area contributed by atoms with Crippen molar-refractivity contribution in [3.05, 3.63) is 29.3 Å². The van der Waals surface area contributed by atoms with E-state index < -0.39 is 0 Å². The molecule has 150 valence electrons.